The normalized spacial score (nSPS) is 9.92. The van der Waals surface area contributed by atoms with E-state index in [0.717, 1.165) is 12.8 Å². The molecule has 0 fully saturated rings. The van der Waals surface area contributed by atoms with Gasteiger partial charge in [-0.15, -0.1) is 0 Å². The molecule has 25 heavy (non-hydrogen) atoms. The maximum absolute atomic E-state index is 12.0. The second-order valence-corrected chi connectivity index (χ2v) is 5.43. The molecule has 0 aliphatic carbocycles. The van der Waals surface area contributed by atoms with E-state index < -0.39 is 5.97 Å². The maximum atomic E-state index is 12.0. The van der Waals surface area contributed by atoms with Crippen LogP contribution in [0.5, 0.6) is 5.75 Å². The Balaban J connectivity index is 1.81. The molecule has 0 saturated carbocycles. The molecule has 0 aromatic heterocycles. The van der Waals surface area contributed by atoms with Crippen molar-refractivity contribution in [3.05, 3.63) is 65.2 Å². The van der Waals surface area contributed by atoms with E-state index in [1.165, 1.54) is 5.56 Å². The van der Waals surface area contributed by atoms with Crippen LogP contribution < -0.4 is 4.74 Å². The summed E-state index contributed by atoms with van der Waals surface area (Å²) in [5, 5.41) is 8.95. The third-order valence-electron chi connectivity index (χ3n) is 3.53. The minimum atomic E-state index is -0.663. The van der Waals surface area contributed by atoms with Crippen LogP contribution in [-0.2, 0) is 16.0 Å². The zero-order valence-electron chi connectivity index (χ0n) is 14.0. The van der Waals surface area contributed by atoms with Gasteiger partial charge in [0.25, 0.3) is 0 Å². The molecule has 0 amide bonds. The van der Waals surface area contributed by atoms with Crippen LogP contribution in [0.3, 0.4) is 0 Å². The van der Waals surface area contributed by atoms with Crippen LogP contribution >= 0.6 is 0 Å². The van der Waals surface area contributed by atoms with Crippen molar-refractivity contribution in [3.63, 3.8) is 0 Å². The van der Waals surface area contributed by atoms with Gasteiger partial charge in [-0.05, 0) is 24.1 Å². The lowest BCUT2D eigenvalue weighted by Crippen LogP contribution is -2.19. The van der Waals surface area contributed by atoms with Crippen molar-refractivity contribution in [2.45, 2.75) is 19.8 Å². The van der Waals surface area contributed by atoms with Crippen molar-refractivity contribution in [2.75, 3.05) is 13.2 Å². The smallest absolute Gasteiger partial charge is 0.344 e. The van der Waals surface area contributed by atoms with Crippen molar-refractivity contribution in [2.24, 2.45) is 0 Å². The van der Waals surface area contributed by atoms with Gasteiger partial charge in [-0.25, -0.2) is 4.79 Å². The van der Waals surface area contributed by atoms with Gasteiger partial charge in [-0.2, -0.15) is 5.26 Å². The van der Waals surface area contributed by atoms with Crippen molar-refractivity contribution in [1.29, 1.82) is 5.26 Å². The number of ketones is 1. The number of hydrogen-bond donors (Lipinski definition) is 0. The second kappa shape index (κ2) is 9.24. The molecule has 0 N–H and O–H groups in total. The summed E-state index contributed by atoms with van der Waals surface area (Å²) in [7, 11) is 0. The summed E-state index contributed by atoms with van der Waals surface area (Å²) in [6, 6.07) is 15.8. The number of nitrogens with zero attached hydrogens (tertiary/aromatic N) is 1. The highest BCUT2D eigenvalue weighted by Crippen LogP contribution is 2.16. The Morgan fingerprint density at radius 3 is 2.44 bits per heavy atom. The number of ether oxygens (including phenoxy) is 2. The van der Waals surface area contributed by atoms with Gasteiger partial charge in [0.1, 0.15) is 11.8 Å². The molecule has 0 saturated heterocycles. The Morgan fingerprint density at radius 1 is 1.04 bits per heavy atom. The van der Waals surface area contributed by atoms with E-state index in [2.05, 4.69) is 6.92 Å². The summed E-state index contributed by atoms with van der Waals surface area (Å²) in [6.45, 7) is 1.40. The molecule has 0 aliphatic heterocycles. The Hall–Kier alpha value is -3.13. The highest BCUT2D eigenvalue weighted by molar-refractivity contribution is 5.98. The van der Waals surface area contributed by atoms with Crippen molar-refractivity contribution in [1.82, 2.24) is 0 Å². The maximum Gasteiger partial charge on any atom is 0.344 e. The molecule has 0 aliphatic rings. The van der Waals surface area contributed by atoms with Gasteiger partial charge in [-0.1, -0.05) is 49.7 Å². The van der Waals surface area contributed by atoms with E-state index in [1.54, 1.807) is 36.4 Å². The molecule has 0 unspecified atom stereocenters. The van der Waals surface area contributed by atoms with E-state index in [-0.39, 0.29) is 19.0 Å². The Labute approximate surface area is 146 Å². The van der Waals surface area contributed by atoms with Gasteiger partial charge in [0.05, 0.1) is 5.56 Å². The Bertz CT molecular complexity index is 775. The van der Waals surface area contributed by atoms with Crippen LogP contribution in [0.15, 0.2) is 48.5 Å². The van der Waals surface area contributed by atoms with E-state index in [4.69, 9.17) is 14.7 Å². The zero-order chi connectivity index (χ0) is 18.1. The van der Waals surface area contributed by atoms with Crippen LogP contribution in [0, 0.1) is 11.3 Å². The number of para-hydroxylation sites is 1. The molecule has 0 atom stereocenters. The monoisotopic (exact) mass is 337 g/mol. The number of aryl methyl sites for hydroxylation is 1. The summed E-state index contributed by atoms with van der Waals surface area (Å²) in [6.07, 6.45) is 2.00. The Kier molecular flexibility index (Phi) is 6.73. The first kappa shape index (κ1) is 18.2. The number of nitriles is 1. The number of carbonyl (C=O) groups is 2. The van der Waals surface area contributed by atoms with E-state index in [1.807, 2.05) is 18.2 Å². The van der Waals surface area contributed by atoms with Gasteiger partial charge in [0.15, 0.2) is 19.0 Å². The van der Waals surface area contributed by atoms with Crippen molar-refractivity contribution in [3.8, 4) is 11.8 Å². The number of benzene rings is 2. The molecule has 128 valence electrons. The third kappa shape index (κ3) is 5.47. The summed E-state index contributed by atoms with van der Waals surface area (Å²) in [5.74, 6) is -0.627. The van der Waals surface area contributed by atoms with Crippen LogP contribution in [-0.4, -0.2) is 25.0 Å². The highest BCUT2D eigenvalue weighted by atomic mass is 16.6. The van der Waals surface area contributed by atoms with Crippen LogP contribution in [0.4, 0.5) is 0 Å². The lowest BCUT2D eigenvalue weighted by Gasteiger charge is -2.08. The molecule has 0 heterocycles. The van der Waals surface area contributed by atoms with Gasteiger partial charge in [0.2, 0.25) is 0 Å². The molecule has 2 rings (SSSR count). The molecule has 5 nitrogen and oxygen atoms in total. The fourth-order valence-electron chi connectivity index (χ4n) is 2.24. The number of rotatable bonds is 8. The number of esters is 1. The highest BCUT2D eigenvalue weighted by Gasteiger charge is 2.11. The third-order valence-corrected chi connectivity index (χ3v) is 3.53. The first-order valence-corrected chi connectivity index (χ1v) is 8.03. The van der Waals surface area contributed by atoms with E-state index >= 15 is 0 Å². The molecule has 2 aromatic carbocycles. The molecule has 0 radical (unpaired) electrons. The first-order chi connectivity index (χ1) is 12.1. The minimum Gasteiger partial charge on any atom is -0.481 e. The van der Waals surface area contributed by atoms with Gasteiger partial charge in [-0.3, -0.25) is 4.79 Å². The summed E-state index contributed by atoms with van der Waals surface area (Å²) in [5.41, 5.74) is 2.00. The summed E-state index contributed by atoms with van der Waals surface area (Å²) < 4.78 is 10.2. The summed E-state index contributed by atoms with van der Waals surface area (Å²) >= 11 is 0. The molecular weight excluding hydrogens is 318 g/mol. The van der Waals surface area contributed by atoms with Gasteiger partial charge < -0.3 is 9.47 Å². The lowest BCUT2D eigenvalue weighted by atomic mass is 10.1. The average molecular weight is 337 g/mol. The molecular formula is C20H19NO4. The van der Waals surface area contributed by atoms with Crippen LogP contribution in [0.1, 0.15) is 34.8 Å². The number of hydrogen-bond acceptors (Lipinski definition) is 5. The molecule has 0 spiro atoms. The standard InChI is InChI=1S/C20H19NO4/c1-2-5-15-8-10-16(11-9-15)18(22)13-25-20(23)14-24-19-7-4-3-6-17(19)12-21/h3-4,6-11H,2,5,13-14H2,1H3. The van der Waals surface area contributed by atoms with Crippen molar-refractivity contribution >= 4 is 11.8 Å². The molecule has 0 bridgehead atoms. The molecule has 5 heteroatoms. The summed E-state index contributed by atoms with van der Waals surface area (Å²) in [4.78, 5) is 23.7. The second-order valence-electron chi connectivity index (χ2n) is 5.43. The van der Waals surface area contributed by atoms with Crippen molar-refractivity contribution < 1.29 is 19.1 Å². The van der Waals surface area contributed by atoms with Crippen LogP contribution in [0.2, 0.25) is 0 Å². The lowest BCUT2D eigenvalue weighted by molar-refractivity contribution is -0.144. The Morgan fingerprint density at radius 2 is 1.76 bits per heavy atom. The first-order valence-electron chi connectivity index (χ1n) is 8.03. The number of carbonyl (C=O) groups excluding carboxylic acids is 2. The fourth-order valence-corrected chi connectivity index (χ4v) is 2.24. The average Bonchev–Trinajstić information content (AvgIpc) is 2.65. The van der Waals surface area contributed by atoms with E-state index in [9.17, 15) is 9.59 Å². The SMILES string of the molecule is CCCc1ccc(C(=O)COC(=O)COc2ccccc2C#N)cc1. The topological polar surface area (TPSA) is 76.4 Å². The number of Topliss-reactive ketones (excluding diaryl/α,β-unsaturated/α-hetero) is 1. The largest absolute Gasteiger partial charge is 0.481 e. The van der Waals surface area contributed by atoms with Gasteiger partial charge in [0, 0.05) is 5.56 Å². The predicted octanol–water partition coefficient (Wildman–Crippen LogP) is 3.32. The molecule has 2 aromatic rings. The quantitative estimate of drug-likeness (QED) is 0.545. The fraction of sp³-hybridized carbons (Fsp3) is 0.250. The van der Waals surface area contributed by atoms with Gasteiger partial charge >= 0.3 is 5.97 Å². The predicted molar refractivity (Wildman–Crippen MR) is 92.4 cm³/mol. The minimum absolute atomic E-state index is 0.270. The zero-order valence-corrected chi connectivity index (χ0v) is 14.0. The van der Waals surface area contributed by atoms with Crippen LogP contribution in [0.25, 0.3) is 0 Å². The van der Waals surface area contributed by atoms with E-state index in [0.29, 0.717) is 16.9 Å².